The molecule has 19 heavy (non-hydrogen) atoms. The Labute approximate surface area is 112 Å². The van der Waals surface area contributed by atoms with E-state index in [0.717, 1.165) is 27.9 Å². The van der Waals surface area contributed by atoms with E-state index in [4.69, 9.17) is 10.5 Å². The Morgan fingerprint density at radius 1 is 1.58 bits per heavy atom. The van der Waals surface area contributed by atoms with Crippen LogP contribution in [0, 0.1) is 6.92 Å². The summed E-state index contributed by atoms with van der Waals surface area (Å²) in [5.41, 5.74) is 8.96. The summed E-state index contributed by atoms with van der Waals surface area (Å²) in [5, 5.41) is 15.5. The van der Waals surface area contributed by atoms with Crippen LogP contribution in [0.3, 0.4) is 0 Å². The fourth-order valence-corrected chi connectivity index (χ4v) is 2.71. The van der Waals surface area contributed by atoms with Crippen LogP contribution >= 0.6 is 0 Å². The van der Waals surface area contributed by atoms with E-state index in [1.54, 1.807) is 0 Å². The lowest BCUT2D eigenvalue weighted by Gasteiger charge is -2.23. The number of nitrogens with two attached hydrogens (primary N) is 1. The van der Waals surface area contributed by atoms with Crippen LogP contribution in [0.5, 0.6) is 5.75 Å². The number of benzene rings is 1. The molecule has 2 heterocycles. The van der Waals surface area contributed by atoms with Gasteiger partial charge in [0.1, 0.15) is 12.4 Å². The highest BCUT2D eigenvalue weighted by Crippen LogP contribution is 2.33. The van der Waals surface area contributed by atoms with Crippen LogP contribution in [-0.4, -0.2) is 33.6 Å². The minimum absolute atomic E-state index is 0.0350. The fourth-order valence-electron chi connectivity index (χ4n) is 2.71. The summed E-state index contributed by atoms with van der Waals surface area (Å²) in [6.07, 6.45) is 0.161. The van der Waals surface area contributed by atoms with Crippen molar-refractivity contribution in [1.29, 1.82) is 0 Å². The van der Waals surface area contributed by atoms with Crippen molar-refractivity contribution in [2.75, 3.05) is 6.61 Å². The first-order chi connectivity index (χ1) is 9.06. The molecule has 3 N–H and O–H groups in total. The smallest absolute Gasteiger partial charge is 0.124 e. The highest BCUT2D eigenvalue weighted by Gasteiger charge is 2.23. The summed E-state index contributed by atoms with van der Waals surface area (Å²) >= 11 is 0. The molecule has 5 nitrogen and oxygen atoms in total. The van der Waals surface area contributed by atoms with Gasteiger partial charge in [0.25, 0.3) is 0 Å². The molecule has 1 aliphatic rings. The summed E-state index contributed by atoms with van der Waals surface area (Å²) < 4.78 is 7.53. The quantitative estimate of drug-likeness (QED) is 0.845. The van der Waals surface area contributed by atoms with Crippen molar-refractivity contribution < 1.29 is 9.84 Å². The van der Waals surface area contributed by atoms with Crippen LogP contribution in [0.1, 0.15) is 18.2 Å². The second kappa shape index (κ2) is 4.51. The number of nitrogens with zero attached hydrogens (tertiary/aromatic N) is 2. The number of rotatable bonds is 2. The van der Waals surface area contributed by atoms with Crippen LogP contribution in [0.25, 0.3) is 10.9 Å². The molecule has 0 aliphatic carbocycles. The van der Waals surface area contributed by atoms with E-state index in [0.29, 0.717) is 19.6 Å². The predicted octanol–water partition coefficient (Wildman–Crippen LogP) is 0.988. The van der Waals surface area contributed by atoms with Gasteiger partial charge < -0.3 is 15.6 Å². The number of fused-ring (bicyclic) bond motifs is 3. The SMILES string of the molecule is Cc1nn(CC(C)N)c2c3c(ccc12)OC[C@@H](O)C3. The zero-order valence-electron chi connectivity index (χ0n) is 11.3. The number of aliphatic hydroxyl groups excluding tert-OH is 1. The number of aromatic nitrogens is 2. The predicted molar refractivity (Wildman–Crippen MR) is 73.3 cm³/mol. The average Bonchev–Trinajstić information content (AvgIpc) is 2.65. The number of ether oxygens (including phenoxy) is 1. The lowest BCUT2D eigenvalue weighted by Crippen LogP contribution is -2.27. The molecule has 5 heteroatoms. The molecular weight excluding hydrogens is 242 g/mol. The summed E-state index contributed by atoms with van der Waals surface area (Å²) in [6.45, 7) is 4.98. The molecule has 0 amide bonds. The van der Waals surface area contributed by atoms with Crippen molar-refractivity contribution in [1.82, 2.24) is 9.78 Å². The van der Waals surface area contributed by atoms with Crippen molar-refractivity contribution in [2.24, 2.45) is 5.73 Å². The van der Waals surface area contributed by atoms with Gasteiger partial charge in [0, 0.05) is 23.4 Å². The lowest BCUT2D eigenvalue weighted by atomic mass is 10.0. The van der Waals surface area contributed by atoms with Crippen molar-refractivity contribution in [3.8, 4) is 5.75 Å². The number of hydrogen-bond donors (Lipinski definition) is 2. The van der Waals surface area contributed by atoms with Gasteiger partial charge in [0.05, 0.1) is 23.9 Å². The molecule has 1 unspecified atom stereocenters. The molecule has 0 fully saturated rings. The van der Waals surface area contributed by atoms with Gasteiger partial charge in [-0.2, -0.15) is 5.10 Å². The molecule has 0 bridgehead atoms. The molecule has 2 atom stereocenters. The zero-order chi connectivity index (χ0) is 13.6. The summed E-state index contributed by atoms with van der Waals surface area (Å²) in [4.78, 5) is 0. The number of hydrogen-bond acceptors (Lipinski definition) is 4. The topological polar surface area (TPSA) is 73.3 Å². The van der Waals surface area contributed by atoms with Crippen molar-refractivity contribution >= 4 is 10.9 Å². The standard InChI is InChI=1S/C14H19N3O2/c1-8(15)6-17-14-11(9(2)16-17)3-4-13-12(14)5-10(18)7-19-13/h3-4,8,10,18H,5-7,15H2,1-2H3/t8?,10-/m0/s1. The molecule has 0 saturated carbocycles. The molecule has 102 valence electrons. The first-order valence-corrected chi connectivity index (χ1v) is 6.61. The summed E-state index contributed by atoms with van der Waals surface area (Å²) in [5.74, 6) is 0.851. The average molecular weight is 261 g/mol. The van der Waals surface area contributed by atoms with Crippen LogP contribution in [-0.2, 0) is 13.0 Å². The highest BCUT2D eigenvalue weighted by atomic mass is 16.5. The second-order valence-corrected chi connectivity index (χ2v) is 5.35. The maximum Gasteiger partial charge on any atom is 0.124 e. The maximum atomic E-state index is 9.82. The van der Waals surface area contributed by atoms with E-state index in [-0.39, 0.29) is 6.04 Å². The third kappa shape index (κ3) is 2.09. The molecule has 0 spiro atoms. The zero-order valence-corrected chi connectivity index (χ0v) is 11.3. The Bertz CT molecular complexity index is 619. The summed E-state index contributed by atoms with van der Waals surface area (Å²) in [7, 11) is 0. The second-order valence-electron chi connectivity index (χ2n) is 5.35. The Hall–Kier alpha value is -1.59. The molecule has 3 rings (SSSR count). The largest absolute Gasteiger partial charge is 0.491 e. The first kappa shape index (κ1) is 12.4. The fraction of sp³-hybridized carbons (Fsp3) is 0.500. The van der Waals surface area contributed by atoms with Gasteiger partial charge >= 0.3 is 0 Å². The third-order valence-electron chi connectivity index (χ3n) is 3.49. The first-order valence-electron chi connectivity index (χ1n) is 6.61. The number of aryl methyl sites for hydroxylation is 1. The van der Waals surface area contributed by atoms with E-state index in [2.05, 4.69) is 5.10 Å². The highest BCUT2D eigenvalue weighted by molar-refractivity contribution is 5.87. The Kier molecular flexibility index (Phi) is 2.95. The molecule has 1 aliphatic heterocycles. The van der Waals surface area contributed by atoms with Crippen LogP contribution in [0.2, 0.25) is 0 Å². The third-order valence-corrected chi connectivity index (χ3v) is 3.49. The van der Waals surface area contributed by atoms with Gasteiger partial charge in [-0.15, -0.1) is 0 Å². The molecule has 0 saturated heterocycles. The Morgan fingerprint density at radius 3 is 3.11 bits per heavy atom. The molecule has 1 aromatic heterocycles. The molecule has 2 aromatic rings. The Morgan fingerprint density at radius 2 is 2.37 bits per heavy atom. The van der Waals surface area contributed by atoms with Crippen LogP contribution < -0.4 is 10.5 Å². The van der Waals surface area contributed by atoms with Crippen molar-refractivity contribution in [2.45, 2.75) is 39.0 Å². The lowest BCUT2D eigenvalue weighted by molar-refractivity contribution is 0.0926. The van der Waals surface area contributed by atoms with Gasteiger partial charge in [0.15, 0.2) is 0 Å². The van der Waals surface area contributed by atoms with Gasteiger partial charge in [0.2, 0.25) is 0 Å². The van der Waals surface area contributed by atoms with Crippen molar-refractivity contribution in [3.05, 3.63) is 23.4 Å². The summed E-state index contributed by atoms with van der Waals surface area (Å²) in [6, 6.07) is 4.04. The van der Waals surface area contributed by atoms with Crippen LogP contribution in [0.15, 0.2) is 12.1 Å². The monoisotopic (exact) mass is 261 g/mol. The van der Waals surface area contributed by atoms with E-state index in [1.165, 1.54) is 0 Å². The van der Waals surface area contributed by atoms with Gasteiger partial charge in [-0.05, 0) is 26.0 Å². The van der Waals surface area contributed by atoms with Crippen molar-refractivity contribution in [3.63, 3.8) is 0 Å². The molecule has 1 aromatic carbocycles. The minimum Gasteiger partial charge on any atom is -0.491 e. The Balaban J connectivity index is 2.22. The van der Waals surface area contributed by atoms with E-state index >= 15 is 0 Å². The molecule has 0 radical (unpaired) electrons. The maximum absolute atomic E-state index is 9.82. The number of aliphatic hydroxyl groups is 1. The van der Waals surface area contributed by atoms with Gasteiger partial charge in [-0.25, -0.2) is 0 Å². The minimum atomic E-state index is -0.447. The van der Waals surface area contributed by atoms with Gasteiger partial charge in [-0.3, -0.25) is 4.68 Å². The van der Waals surface area contributed by atoms with Crippen LogP contribution in [0.4, 0.5) is 0 Å². The van der Waals surface area contributed by atoms with E-state index in [1.807, 2.05) is 30.7 Å². The van der Waals surface area contributed by atoms with E-state index in [9.17, 15) is 5.11 Å². The van der Waals surface area contributed by atoms with E-state index < -0.39 is 6.10 Å². The van der Waals surface area contributed by atoms with Gasteiger partial charge in [-0.1, -0.05) is 0 Å². The molecular formula is C14H19N3O2. The normalized spacial score (nSPS) is 20.1.